The van der Waals surface area contributed by atoms with E-state index in [0.29, 0.717) is 24.2 Å². The zero-order valence-corrected chi connectivity index (χ0v) is 12.3. The highest BCUT2D eigenvalue weighted by molar-refractivity contribution is 5.77. The van der Waals surface area contributed by atoms with Gasteiger partial charge in [0.15, 0.2) is 0 Å². The number of halogens is 2. The molecule has 3 rings (SSSR count). The lowest BCUT2D eigenvalue weighted by molar-refractivity contribution is -0.131. The smallest absolute Gasteiger partial charge is 0.223 e. The number of aliphatic hydroxyl groups is 1. The average molecular weight is 322 g/mol. The number of aryl methyl sites for hydroxylation is 1. The summed E-state index contributed by atoms with van der Waals surface area (Å²) in [5.41, 5.74) is -0.507. The third-order valence-corrected chi connectivity index (χ3v) is 4.12. The van der Waals surface area contributed by atoms with E-state index in [2.05, 4.69) is 15.4 Å². The molecule has 1 aliphatic rings. The fourth-order valence-electron chi connectivity index (χ4n) is 2.77. The normalized spacial score (nSPS) is 20.9. The third-order valence-electron chi connectivity index (χ3n) is 4.12. The number of aromatic nitrogens is 3. The van der Waals surface area contributed by atoms with Crippen molar-refractivity contribution in [1.82, 2.24) is 20.3 Å². The molecule has 1 unspecified atom stereocenters. The van der Waals surface area contributed by atoms with E-state index >= 15 is 0 Å². The number of benzene rings is 1. The maximum atomic E-state index is 13.6. The number of likely N-dealkylation sites (tertiary alicyclic amines) is 1. The molecule has 2 N–H and O–H groups in total. The lowest BCUT2D eigenvalue weighted by Crippen LogP contribution is -2.34. The third kappa shape index (κ3) is 3.21. The Balaban J connectivity index is 1.59. The molecule has 1 aromatic carbocycles. The zero-order valence-electron chi connectivity index (χ0n) is 12.3. The summed E-state index contributed by atoms with van der Waals surface area (Å²) in [5.74, 6) is -1.48. The van der Waals surface area contributed by atoms with Gasteiger partial charge in [-0.05, 0) is 18.1 Å². The van der Waals surface area contributed by atoms with Gasteiger partial charge in [0.2, 0.25) is 5.91 Å². The van der Waals surface area contributed by atoms with E-state index in [1.807, 2.05) is 0 Å². The van der Waals surface area contributed by atoms with Crippen molar-refractivity contribution in [3.63, 3.8) is 0 Å². The van der Waals surface area contributed by atoms with Gasteiger partial charge in [-0.15, -0.1) is 0 Å². The highest BCUT2D eigenvalue weighted by atomic mass is 19.1. The first-order chi connectivity index (χ1) is 11.0. The van der Waals surface area contributed by atoms with Gasteiger partial charge in [-0.25, -0.2) is 8.78 Å². The Morgan fingerprint density at radius 1 is 1.43 bits per heavy atom. The number of β-amino-alcohol motifs (C(OH)–C–C–N with tert-alkyl or cyclic N) is 1. The quantitative estimate of drug-likeness (QED) is 0.884. The fraction of sp³-hybridized carbons (Fsp3) is 0.400. The molecular weight excluding hydrogens is 306 g/mol. The standard InChI is InChI=1S/C15H16F2N4O2/c16-11-3-1-10(12(17)7-11)2-4-14(22)21-6-5-15(23,9-21)13-8-18-20-19-13/h1,3,7-8,23H,2,4-6,9H2,(H,18,19,20). The van der Waals surface area contributed by atoms with E-state index in [1.54, 1.807) is 0 Å². The Labute approximate surface area is 131 Å². The zero-order chi connectivity index (χ0) is 16.4. The number of amides is 1. The maximum Gasteiger partial charge on any atom is 0.223 e. The second kappa shape index (κ2) is 6.04. The molecule has 1 aromatic heterocycles. The number of nitrogens with one attached hydrogen (secondary N) is 1. The topological polar surface area (TPSA) is 82.1 Å². The number of aromatic amines is 1. The van der Waals surface area contributed by atoms with Crippen LogP contribution in [0.25, 0.3) is 0 Å². The highest BCUT2D eigenvalue weighted by Crippen LogP contribution is 2.30. The van der Waals surface area contributed by atoms with E-state index in [0.717, 1.165) is 6.07 Å². The van der Waals surface area contributed by atoms with Gasteiger partial charge in [-0.2, -0.15) is 15.4 Å². The molecule has 1 fully saturated rings. The molecule has 2 aromatic rings. The second-order valence-corrected chi connectivity index (χ2v) is 5.69. The van der Waals surface area contributed by atoms with Crippen LogP contribution in [0.15, 0.2) is 24.4 Å². The molecule has 0 spiro atoms. The monoisotopic (exact) mass is 322 g/mol. The van der Waals surface area contributed by atoms with Crippen molar-refractivity contribution < 1.29 is 18.7 Å². The van der Waals surface area contributed by atoms with Crippen LogP contribution in [0.2, 0.25) is 0 Å². The van der Waals surface area contributed by atoms with Gasteiger partial charge in [0.25, 0.3) is 0 Å². The minimum absolute atomic E-state index is 0.0947. The molecule has 0 saturated carbocycles. The van der Waals surface area contributed by atoms with Crippen LogP contribution < -0.4 is 0 Å². The van der Waals surface area contributed by atoms with E-state index in [-0.39, 0.29) is 25.3 Å². The number of hydrogen-bond donors (Lipinski definition) is 2. The van der Waals surface area contributed by atoms with Gasteiger partial charge in [-0.3, -0.25) is 4.79 Å². The molecule has 8 heteroatoms. The molecule has 1 aliphatic heterocycles. The largest absolute Gasteiger partial charge is 0.381 e. The van der Waals surface area contributed by atoms with Gasteiger partial charge in [0.05, 0.1) is 12.7 Å². The van der Waals surface area contributed by atoms with Crippen molar-refractivity contribution in [1.29, 1.82) is 0 Å². The first kappa shape index (κ1) is 15.5. The van der Waals surface area contributed by atoms with Crippen LogP contribution in [-0.2, 0) is 16.8 Å². The molecule has 1 amide bonds. The van der Waals surface area contributed by atoms with E-state index < -0.39 is 17.2 Å². The predicted molar refractivity (Wildman–Crippen MR) is 76.2 cm³/mol. The summed E-state index contributed by atoms with van der Waals surface area (Å²) in [7, 11) is 0. The van der Waals surface area contributed by atoms with Crippen LogP contribution in [0.3, 0.4) is 0 Å². The number of H-pyrrole nitrogens is 1. The second-order valence-electron chi connectivity index (χ2n) is 5.69. The Bertz CT molecular complexity index is 708. The van der Waals surface area contributed by atoms with Crippen molar-refractivity contribution in [2.75, 3.05) is 13.1 Å². The maximum absolute atomic E-state index is 13.6. The minimum atomic E-state index is -1.20. The lowest BCUT2D eigenvalue weighted by Gasteiger charge is -2.21. The number of carbonyl (C=O) groups excluding carboxylic acids is 1. The molecule has 6 nitrogen and oxygen atoms in total. The summed E-state index contributed by atoms with van der Waals surface area (Å²) >= 11 is 0. The van der Waals surface area contributed by atoms with Crippen LogP contribution in [-0.4, -0.2) is 44.4 Å². The number of rotatable bonds is 4. The summed E-state index contributed by atoms with van der Waals surface area (Å²) in [6, 6.07) is 3.31. The molecule has 0 aliphatic carbocycles. The van der Waals surface area contributed by atoms with Gasteiger partial charge >= 0.3 is 0 Å². The molecule has 2 heterocycles. The van der Waals surface area contributed by atoms with Crippen molar-refractivity contribution in [2.24, 2.45) is 0 Å². The molecule has 122 valence electrons. The molecular formula is C15H16F2N4O2. The lowest BCUT2D eigenvalue weighted by atomic mass is 10.00. The number of carbonyl (C=O) groups is 1. The molecule has 23 heavy (non-hydrogen) atoms. The van der Waals surface area contributed by atoms with Crippen LogP contribution >= 0.6 is 0 Å². The molecule has 1 atom stereocenters. The molecule has 0 radical (unpaired) electrons. The van der Waals surface area contributed by atoms with Crippen LogP contribution in [0.4, 0.5) is 8.78 Å². The first-order valence-corrected chi connectivity index (χ1v) is 7.28. The van der Waals surface area contributed by atoms with Crippen LogP contribution in [0.5, 0.6) is 0 Å². The average Bonchev–Trinajstić information content (AvgIpc) is 3.16. The number of nitrogens with zero attached hydrogens (tertiary/aromatic N) is 3. The van der Waals surface area contributed by atoms with Crippen molar-refractivity contribution >= 4 is 5.91 Å². The summed E-state index contributed by atoms with van der Waals surface area (Å²) < 4.78 is 26.4. The Morgan fingerprint density at radius 3 is 2.96 bits per heavy atom. The first-order valence-electron chi connectivity index (χ1n) is 7.28. The van der Waals surface area contributed by atoms with Gasteiger partial charge in [0.1, 0.15) is 22.9 Å². The minimum Gasteiger partial charge on any atom is -0.381 e. The summed E-state index contributed by atoms with van der Waals surface area (Å²) in [4.78, 5) is 13.8. The van der Waals surface area contributed by atoms with Crippen LogP contribution in [0, 0.1) is 11.6 Å². The molecule has 0 bridgehead atoms. The summed E-state index contributed by atoms with van der Waals surface area (Å²) in [5, 5.41) is 20.5. The predicted octanol–water partition coefficient (Wildman–Crippen LogP) is 1.14. The highest BCUT2D eigenvalue weighted by Gasteiger charge is 2.41. The van der Waals surface area contributed by atoms with Gasteiger partial charge in [0, 0.05) is 25.5 Å². The van der Waals surface area contributed by atoms with Crippen molar-refractivity contribution in [3.05, 3.63) is 47.3 Å². The van der Waals surface area contributed by atoms with Crippen molar-refractivity contribution in [3.8, 4) is 0 Å². The Morgan fingerprint density at radius 2 is 2.26 bits per heavy atom. The van der Waals surface area contributed by atoms with Crippen molar-refractivity contribution in [2.45, 2.75) is 24.9 Å². The van der Waals surface area contributed by atoms with Gasteiger partial charge in [-0.1, -0.05) is 6.07 Å². The SMILES string of the molecule is O=C(CCc1ccc(F)cc1F)N1CCC(O)(c2cn[nH]n2)C1. The van der Waals surface area contributed by atoms with E-state index in [4.69, 9.17) is 0 Å². The summed E-state index contributed by atoms with van der Waals surface area (Å²) in [6.07, 6.45) is 2.08. The Hall–Kier alpha value is -2.35. The Kier molecular flexibility index (Phi) is 4.08. The number of hydrogen-bond acceptors (Lipinski definition) is 4. The fourth-order valence-corrected chi connectivity index (χ4v) is 2.77. The molecule has 1 saturated heterocycles. The van der Waals surface area contributed by atoms with E-state index in [1.165, 1.54) is 23.2 Å². The van der Waals surface area contributed by atoms with E-state index in [9.17, 15) is 18.7 Å². The summed E-state index contributed by atoms with van der Waals surface area (Å²) in [6.45, 7) is 0.526. The van der Waals surface area contributed by atoms with Crippen LogP contribution in [0.1, 0.15) is 24.1 Å². The van der Waals surface area contributed by atoms with Gasteiger partial charge < -0.3 is 10.0 Å².